The molecule has 1 aromatic carbocycles. The lowest BCUT2D eigenvalue weighted by Gasteiger charge is -2.29. The number of rotatable bonds is 8. The lowest BCUT2D eigenvalue weighted by atomic mass is 9.87. The molecular weight excluding hydrogens is 682 g/mol. The highest BCUT2D eigenvalue weighted by Crippen LogP contribution is 2.69. The van der Waals surface area contributed by atoms with Gasteiger partial charge in [-0.25, -0.2) is 14.8 Å². The smallest absolute Gasteiger partial charge is 0.416 e. The maximum atomic E-state index is 13.8. The van der Waals surface area contributed by atoms with Gasteiger partial charge in [0.1, 0.15) is 12.0 Å². The molecule has 1 aliphatic heterocycles. The third-order valence-corrected chi connectivity index (χ3v) is 11.4. The van der Waals surface area contributed by atoms with E-state index in [2.05, 4.69) is 15.1 Å². The standard InChI is InChI=1S/C35H38F6N6O4/c1-21-11-33(21)18-32(19-47(33)30(49)51-20-31(28(48)50-3)6-4-5-7-31)12-27(32)46(29-42-13-23(14-43-29)24-15-44-45(2)17-24)16-22-8-25(34(36,37)38)10-26(9-22)35(39,40)41/h8-10,13-15,17,21,27H,4-7,11-12,16,18-20H2,1-3H3/t21-,27?,32?,33?/m1/s1. The second kappa shape index (κ2) is 12.1. The Balaban J connectivity index is 1.19. The molecule has 2 aromatic heterocycles. The van der Waals surface area contributed by atoms with Crippen molar-refractivity contribution in [2.45, 2.75) is 82.3 Å². The number of esters is 1. The zero-order valence-corrected chi connectivity index (χ0v) is 28.4. The molecule has 10 nitrogen and oxygen atoms in total. The first kappa shape index (κ1) is 35.1. The predicted octanol–water partition coefficient (Wildman–Crippen LogP) is 7.03. The molecule has 7 rings (SSSR count). The largest absolute Gasteiger partial charge is 0.468 e. The van der Waals surface area contributed by atoms with Gasteiger partial charge in [-0.1, -0.05) is 19.8 Å². The van der Waals surface area contributed by atoms with Crippen LogP contribution in [-0.2, 0) is 40.2 Å². The molecular formula is C35H38F6N6O4. The SMILES string of the molecule is COC(=O)C1(COC(=O)N2CC3(CC3N(Cc3cc(C(F)(F)F)cc(C(F)(F)F)c3)c3ncc(-c4cnn(C)c4)cn3)CC23C[C@H]3C)CCCC1. The third kappa shape index (κ3) is 6.39. The van der Waals surface area contributed by atoms with Crippen LogP contribution in [0.5, 0.6) is 0 Å². The summed E-state index contributed by atoms with van der Waals surface area (Å²) in [4.78, 5) is 38.8. The van der Waals surface area contributed by atoms with Gasteiger partial charge in [0, 0.05) is 66.9 Å². The Hall–Kier alpha value is -4.37. The van der Waals surface area contributed by atoms with Crippen LogP contribution >= 0.6 is 0 Å². The molecule has 0 bridgehead atoms. The Bertz CT molecular complexity index is 1790. The van der Waals surface area contributed by atoms with E-state index >= 15 is 0 Å². The van der Waals surface area contributed by atoms with Crippen LogP contribution in [0.4, 0.5) is 37.1 Å². The highest BCUT2D eigenvalue weighted by atomic mass is 19.4. The van der Waals surface area contributed by atoms with Gasteiger partial charge < -0.3 is 19.3 Å². The molecule has 3 unspecified atom stereocenters. The Labute approximate surface area is 290 Å². The first-order valence-corrected chi connectivity index (χ1v) is 16.9. The minimum atomic E-state index is -5.00. The lowest BCUT2D eigenvalue weighted by Crippen LogP contribution is -2.42. The number of aromatic nitrogens is 4. The van der Waals surface area contributed by atoms with E-state index in [4.69, 9.17) is 9.47 Å². The molecule has 274 valence electrons. The molecule has 16 heteroatoms. The molecule has 2 spiro atoms. The normalized spacial score (nSPS) is 26.5. The van der Waals surface area contributed by atoms with Crippen molar-refractivity contribution in [2.24, 2.45) is 23.8 Å². The second-order valence-electron chi connectivity index (χ2n) is 14.8. The minimum absolute atomic E-state index is 0.101. The maximum absolute atomic E-state index is 13.8. The van der Waals surface area contributed by atoms with E-state index < -0.39 is 58.0 Å². The summed E-state index contributed by atoms with van der Waals surface area (Å²) in [6, 6.07) is 1.17. The number of ether oxygens (including phenoxy) is 2. The number of benzene rings is 1. The highest BCUT2D eigenvalue weighted by molar-refractivity contribution is 5.78. The summed E-state index contributed by atoms with van der Waals surface area (Å²) in [5.74, 6) is -0.125. The van der Waals surface area contributed by atoms with Crippen LogP contribution in [0, 0.1) is 16.7 Å². The van der Waals surface area contributed by atoms with Gasteiger partial charge in [-0.2, -0.15) is 31.4 Å². The number of aryl methyl sites for hydroxylation is 1. The molecule has 4 atom stereocenters. The molecule has 3 heterocycles. The number of anilines is 1. The summed E-state index contributed by atoms with van der Waals surface area (Å²) in [6.07, 6.45) is 0.455. The molecule has 3 saturated carbocycles. The summed E-state index contributed by atoms with van der Waals surface area (Å²) in [6.45, 7) is 1.87. The van der Waals surface area contributed by atoms with Crippen molar-refractivity contribution in [1.82, 2.24) is 24.6 Å². The van der Waals surface area contributed by atoms with Crippen LogP contribution in [-0.4, -0.2) is 68.6 Å². The second-order valence-corrected chi connectivity index (χ2v) is 14.8. The fraction of sp³-hybridized carbons (Fsp3) is 0.571. The number of amides is 1. The summed E-state index contributed by atoms with van der Waals surface area (Å²) >= 11 is 0. The minimum Gasteiger partial charge on any atom is -0.468 e. The molecule has 3 aliphatic carbocycles. The summed E-state index contributed by atoms with van der Waals surface area (Å²) in [7, 11) is 3.06. The Morgan fingerprint density at radius 1 is 0.961 bits per heavy atom. The number of likely N-dealkylation sites (tertiary alicyclic amines) is 1. The maximum Gasteiger partial charge on any atom is 0.416 e. The highest BCUT2D eigenvalue weighted by Gasteiger charge is 2.74. The van der Waals surface area contributed by atoms with Crippen LogP contribution in [0.2, 0.25) is 0 Å². The van der Waals surface area contributed by atoms with Gasteiger partial charge in [0.15, 0.2) is 0 Å². The molecule has 3 aromatic rings. The fourth-order valence-corrected chi connectivity index (χ4v) is 8.47. The van der Waals surface area contributed by atoms with Gasteiger partial charge >= 0.3 is 24.4 Å². The van der Waals surface area contributed by atoms with Gasteiger partial charge in [-0.3, -0.25) is 9.48 Å². The van der Waals surface area contributed by atoms with Crippen LogP contribution in [0.3, 0.4) is 0 Å². The van der Waals surface area contributed by atoms with Gasteiger partial charge in [-0.15, -0.1) is 0 Å². The quantitative estimate of drug-likeness (QED) is 0.181. The molecule has 1 amide bonds. The molecule has 4 fully saturated rings. The number of alkyl halides is 6. The van der Waals surface area contributed by atoms with Gasteiger partial charge in [0.2, 0.25) is 5.95 Å². The van der Waals surface area contributed by atoms with E-state index in [0.717, 1.165) is 37.0 Å². The number of methoxy groups -OCH3 is 1. The number of halogens is 6. The van der Waals surface area contributed by atoms with Crippen molar-refractivity contribution >= 4 is 18.0 Å². The van der Waals surface area contributed by atoms with E-state index in [0.29, 0.717) is 31.2 Å². The van der Waals surface area contributed by atoms with Crippen molar-refractivity contribution in [2.75, 3.05) is 25.2 Å². The Morgan fingerprint density at radius 3 is 2.12 bits per heavy atom. The molecule has 1 saturated heterocycles. The van der Waals surface area contributed by atoms with Crippen LogP contribution in [0.15, 0.2) is 43.0 Å². The van der Waals surface area contributed by atoms with Crippen molar-refractivity contribution in [3.8, 4) is 11.1 Å². The van der Waals surface area contributed by atoms with Crippen LogP contribution in [0.25, 0.3) is 11.1 Å². The summed E-state index contributed by atoms with van der Waals surface area (Å²) in [5.41, 5.74) is -3.57. The van der Waals surface area contributed by atoms with Crippen molar-refractivity contribution in [1.29, 1.82) is 0 Å². The number of hydrogen-bond acceptors (Lipinski definition) is 8. The summed E-state index contributed by atoms with van der Waals surface area (Å²) < 4.78 is 95.4. The number of carbonyl (C=O) groups excluding carboxylic acids is 2. The van der Waals surface area contributed by atoms with Crippen molar-refractivity contribution in [3.63, 3.8) is 0 Å². The summed E-state index contributed by atoms with van der Waals surface area (Å²) in [5, 5.41) is 4.15. The van der Waals surface area contributed by atoms with Crippen LogP contribution < -0.4 is 4.90 Å². The van der Waals surface area contributed by atoms with E-state index in [1.807, 2.05) is 6.92 Å². The van der Waals surface area contributed by atoms with Gasteiger partial charge in [-0.05, 0) is 61.8 Å². The zero-order valence-electron chi connectivity index (χ0n) is 28.4. The monoisotopic (exact) mass is 720 g/mol. The van der Waals surface area contributed by atoms with Gasteiger partial charge in [0.05, 0.1) is 24.4 Å². The number of carbonyl (C=O) groups is 2. The topological polar surface area (TPSA) is 103 Å². The van der Waals surface area contributed by atoms with Crippen molar-refractivity contribution < 1.29 is 45.4 Å². The fourth-order valence-electron chi connectivity index (χ4n) is 8.47. The average molecular weight is 721 g/mol. The first-order valence-electron chi connectivity index (χ1n) is 16.9. The lowest BCUT2D eigenvalue weighted by molar-refractivity contribution is -0.155. The van der Waals surface area contributed by atoms with E-state index in [9.17, 15) is 35.9 Å². The number of nitrogens with zero attached hydrogens (tertiary/aromatic N) is 6. The Kier molecular flexibility index (Phi) is 8.32. The van der Waals surface area contributed by atoms with E-state index in [-0.39, 0.29) is 43.2 Å². The van der Waals surface area contributed by atoms with E-state index in [1.165, 1.54) is 19.5 Å². The molecule has 4 aliphatic rings. The molecule has 0 radical (unpaired) electrons. The predicted molar refractivity (Wildman–Crippen MR) is 170 cm³/mol. The van der Waals surface area contributed by atoms with Gasteiger partial charge in [0.25, 0.3) is 0 Å². The first-order chi connectivity index (χ1) is 24.0. The van der Waals surface area contributed by atoms with Crippen LogP contribution in [0.1, 0.15) is 68.6 Å². The Morgan fingerprint density at radius 2 is 1.59 bits per heavy atom. The third-order valence-electron chi connectivity index (χ3n) is 11.4. The zero-order chi connectivity index (χ0) is 36.6. The average Bonchev–Trinajstić information content (AvgIpc) is 3.62. The number of hydrogen-bond donors (Lipinski definition) is 0. The van der Waals surface area contributed by atoms with E-state index in [1.54, 1.807) is 33.9 Å². The molecule has 51 heavy (non-hydrogen) atoms. The molecule has 0 N–H and O–H groups in total. The van der Waals surface area contributed by atoms with Crippen molar-refractivity contribution in [3.05, 3.63) is 59.7 Å².